The first-order chi connectivity index (χ1) is 11.0. The highest BCUT2D eigenvalue weighted by molar-refractivity contribution is 5.42. The van der Waals surface area contributed by atoms with E-state index in [1.54, 1.807) is 0 Å². The summed E-state index contributed by atoms with van der Waals surface area (Å²) in [6.45, 7) is 9.18. The van der Waals surface area contributed by atoms with Gasteiger partial charge in [-0.3, -0.25) is 0 Å². The van der Waals surface area contributed by atoms with Crippen LogP contribution in [0.4, 0.5) is 5.82 Å². The molecule has 0 saturated heterocycles. The van der Waals surface area contributed by atoms with Crippen LogP contribution in [-0.2, 0) is 6.54 Å². The van der Waals surface area contributed by atoms with E-state index in [0.29, 0.717) is 18.4 Å². The van der Waals surface area contributed by atoms with Crippen molar-refractivity contribution in [1.29, 1.82) is 0 Å². The maximum absolute atomic E-state index is 4.65. The Balaban J connectivity index is 1.81. The maximum atomic E-state index is 4.65. The second kappa shape index (κ2) is 6.36. The van der Waals surface area contributed by atoms with E-state index in [9.17, 15) is 0 Å². The molecular formula is C18H23N5. The van der Waals surface area contributed by atoms with Crippen molar-refractivity contribution >= 4 is 11.5 Å². The van der Waals surface area contributed by atoms with E-state index in [2.05, 4.69) is 48.0 Å². The second-order valence-corrected chi connectivity index (χ2v) is 6.40. The summed E-state index contributed by atoms with van der Waals surface area (Å²) in [5, 5.41) is 3.39. The van der Waals surface area contributed by atoms with Gasteiger partial charge in [-0.25, -0.2) is 15.0 Å². The van der Waals surface area contributed by atoms with Crippen LogP contribution in [0.5, 0.6) is 0 Å². The lowest BCUT2D eigenvalue weighted by atomic mass is 10.1. The highest BCUT2D eigenvalue weighted by atomic mass is 15.1. The number of aromatic nitrogens is 4. The summed E-state index contributed by atoms with van der Waals surface area (Å²) in [5.74, 6) is 2.44. The highest BCUT2D eigenvalue weighted by Crippen LogP contribution is 2.19. The van der Waals surface area contributed by atoms with Gasteiger partial charge in [-0.05, 0) is 18.1 Å². The van der Waals surface area contributed by atoms with E-state index in [-0.39, 0.29) is 0 Å². The zero-order chi connectivity index (χ0) is 16.4. The number of hydrogen-bond acceptors (Lipinski definition) is 4. The SMILES string of the molecule is CC(C)c1cc(NCc2cn3ccccc3n2)nc(C(C)C)n1. The zero-order valence-electron chi connectivity index (χ0n) is 14.1. The lowest BCUT2D eigenvalue weighted by Crippen LogP contribution is -2.08. The van der Waals surface area contributed by atoms with E-state index < -0.39 is 0 Å². The van der Waals surface area contributed by atoms with Gasteiger partial charge in [0.1, 0.15) is 17.3 Å². The molecular weight excluding hydrogens is 286 g/mol. The van der Waals surface area contributed by atoms with Gasteiger partial charge in [0.15, 0.2) is 0 Å². The number of rotatable bonds is 5. The van der Waals surface area contributed by atoms with Crippen LogP contribution in [0.3, 0.4) is 0 Å². The van der Waals surface area contributed by atoms with Crippen LogP contribution in [0.1, 0.15) is 56.7 Å². The first-order valence-electron chi connectivity index (χ1n) is 8.08. The Morgan fingerprint density at radius 1 is 1.04 bits per heavy atom. The van der Waals surface area contributed by atoms with Crippen LogP contribution in [-0.4, -0.2) is 19.4 Å². The molecule has 0 radical (unpaired) electrons. The van der Waals surface area contributed by atoms with Crippen LogP contribution in [0.15, 0.2) is 36.7 Å². The Hall–Kier alpha value is -2.43. The molecule has 120 valence electrons. The third-order valence-corrected chi connectivity index (χ3v) is 3.74. The molecule has 5 heteroatoms. The number of hydrogen-bond donors (Lipinski definition) is 1. The second-order valence-electron chi connectivity index (χ2n) is 6.40. The van der Waals surface area contributed by atoms with E-state index >= 15 is 0 Å². The van der Waals surface area contributed by atoms with Gasteiger partial charge in [0.05, 0.1) is 12.2 Å². The summed E-state index contributed by atoms with van der Waals surface area (Å²) in [6, 6.07) is 8.03. The summed E-state index contributed by atoms with van der Waals surface area (Å²) in [4.78, 5) is 13.9. The Morgan fingerprint density at radius 3 is 2.57 bits per heavy atom. The standard InChI is InChI=1S/C18H23N5/c1-12(2)15-9-16(22-18(21-15)13(3)4)19-10-14-11-23-8-6-5-7-17(23)20-14/h5-9,11-13H,10H2,1-4H3,(H,19,21,22). The van der Waals surface area contributed by atoms with Crippen molar-refractivity contribution in [3.8, 4) is 0 Å². The molecule has 0 saturated carbocycles. The smallest absolute Gasteiger partial charge is 0.137 e. The lowest BCUT2D eigenvalue weighted by Gasteiger charge is -2.13. The largest absolute Gasteiger partial charge is 0.364 e. The molecule has 0 aromatic carbocycles. The normalized spacial score (nSPS) is 11.6. The van der Waals surface area contributed by atoms with Crippen molar-refractivity contribution in [1.82, 2.24) is 19.4 Å². The Kier molecular flexibility index (Phi) is 4.28. The summed E-state index contributed by atoms with van der Waals surface area (Å²) >= 11 is 0. The van der Waals surface area contributed by atoms with E-state index in [1.807, 2.05) is 41.1 Å². The number of nitrogens with one attached hydrogen (secondary N) is 1. The van der Waals surface area contributed by atoms with Crippen LogP contribution < -0.4 is 5.32 Å². The predicted molar refractivity (Wildman–Crippen MR) is 92.7 cm³/mol. The summed E-state index contributed by atoms with van der Waals surface area (Å²) < 4.78 is 2.02. The average molecular weight is 309 g/mol. The summed E-state index contributed by atoms with van der Waals surface area (Å²) in [5.41, 5.74) is 3.02. The zero-order valence-corrected chi connectivity index (χ0v) is 14.1. The molecule has 23 heavy (non-hydrogen) atoms. The molecule has 0 spiro atoms. The summed E-state index contributed by atoms with van der Waals surface area (Å²) in [7, 11) is 0. The highest BCUT2D eigenvalue weighted by Gasteiger charge is 2.11. The summed E-state index contributed by atoms with van der Waals surface area (Å²) in [6.07, 6.45) is 4.04. The third-order valence-electron chi connectivity index (χ3n) is 3.74. The molecule has 3 aromatic heterocycles. The number of nitrogens with zero attached hydrogens (tertiary/aromatic N) is 4. The molecule has 0 bridgehead atoms. The minimum Gasteiger partial charge on any atom is -0.364 e. The molecule has 0 aliphatic carbocycles. The van der Waals surface area contributed by atoms with Crippen molar-refractivity contribution in [2.24, 2.45) is 0 Å². The van der Waals surface area contributed by atoms with Crippen molar-refractivity contribution in [3.05, 3.63) is 53.9 Å². The van der Waals surface area contributed by atoms with Gasteiger partial charge in [0.25, 0.3) is 0 Å². The molecule has 0 aliphatic rings. The first kappa shape index (κ1) is 15.5. The number of fused-ring (bicyclic) bond motifs is 1. The van der Waals surface area contributed by atoms with Crippen LogP contribution in [0.2, 0.25) is 0 Å². The molecule has 3 rings (SSSR count). The van der Waals surface area contributed by atoms with E-state index in [4.69, 9.17) is 0 Å². The van der Waals surface area contributed by atoms with E-state index in [1.165, 1.54) is 0 Å². The quantitative estimate of drug-likeness (QED) is 0.774. The fourth-order valence-corrected chi connectivity index (χ4v) is 2.38. The first-order valence-corrected chi connectivity index (χ1v) is 8.08. The van der Waals surface area contributed by atoms with Crippen molar-refractivity contribution in [2.75, 3.05) is 5.32 Å². The topological polar surface area (TPSA) is 55.1 Å². The minimum absolute atomic E-state index is 0.310. The average Bonchev–Trinajstić information content (AvgIpc) is 2.95. The van der Waals surface area contributed by atoms with Gasteiger partial charge in [0.2, 0.25) is 0 Å². The molecule has 5 nitrogen and oxygen atoms in total. The lowest BCUT2D eigenvalue weighted by molar-refractivity contribution is 0.730. The number of imidazole rings is 1. The predicted octanol–water partition coefficient (Wildman–Crippen LogP) is 3.98. The van der Waals surface area contributed by atoms with Gasteiger partial charge in [-0.2, -0.15) is 0 Å². The van der Waals surface area contributed by atoms with Crippen molar-refractivity contribution in [2.45, 2.75) is 46.1 Å². The van der Waals surface area contributed by atoms with Gasteiger partial charge >= 0.3 is 0 Å². The van der Waals surface area contributed by atoms with E-state index in [0.717, 1.165) is 28.7 Å². The third kappa shape index (κ3) is 3.50. The Morgan fingerprint density at radius 2 is 1.87 bits per heavy atom. The number of pyridine rings is 1. The van der Waals surface area contributed by atoms with Gasteiger partial charge in [-0.15, -0.1) is 0 Å². The maximum Gasteiger partial charge on any atom is 0.137 e. The molecule has 0 amide bonds. The number of anilines is 1. The molecule has 0 fully saturated rings. The Labute approximate surface area is 136 Å². The molecule has 0 unspecified atom stereocenters. The molecule has 0 aliphatic heterocycles. The van der Waals surface area contributed by atoms with Crippen LogP contribution in [0, 0.1) is 0 Å². The van der Waals surface area contributed by atoms with Gasteiger partial charge < -0.3 is 9.72 Å². The Bertz CT molecular complexity index is 745. The molecule has 1 N–H and O–H groups in total. The van der Waals surface area contributed by atoms with Crippen LogP contribution in [0.25, 0.3) is 5.65 Å². The van der Waals surface area contributed by atoms with Crippen molar-refractivity contribution in [3.63, 3.8) is 0 Å². The molecule has 3 aromatic rings. The van der Waals surface area contributed by atoms with Crippen molar-refractivity contribution < 1.29 is 0 Å². The minimum atomic E-state index is 0.310. The molecule has 3 heterocycles. The monoisotopic (exact) mass is 309 g/mol. The van der Waals surface area contributed by atoms with Gasteiger partial charge in [0, 0.05) is 30.1 Å². The van der Waals surface area contributed by atoms with Crippen LogP contribution >= 0.6 is 0 Å². The van der Waals surface area contributed by atoms with Gasteiger partial charge in [-0.1, -0.05) is 33.8 Å². The molecule has 0 atom stereocenters. The fraction of sp³-hybridized carbons (Fsp3) is 0.389. The fourth-order valence-electron chi connectivity index (χ4n) is 2.38.